The number of benzene rings is 1. The number of rotatable bonds is 6. The molecule has 8 nitrogen and oxygen atoms in total. The van der Waals surface area contributed by atoms with Crippen molar-refractivity contribution < 1.29 is 19.5 Å². The lowest BCUT2D eigenvalue weighted by Crippen LogP contribution is -2.56. The lowest BCUT2D eigenvalue weighted by molar-refractivity contribution is -0.132. The standard InChI is InChI=1S/C22H24N4O4S/c1-14(20(27)24-13-18-8-7-17(12-23)31-18)25-21(28)19-11-16(9-10-26(19)22(29)30)15-5-3-2-4-6-15/h2-8,14,16,19H,9-11,13H2,1H3,(H,24,27)(H,25,28)(H,29,30)/t14?,16-,19+/m0/s1. The van der Waals surface area contributed by atoms with Crippen LogP contribution in [0.15, 0.2) is 42.5 Å². The van der Waals surface area contributed by atoms with Gasteiger partial charge in [-0.3, -0.25) is 14.5 Å². The molecule has 31 heavy (non-hydrogen) atoms. The van der Waals surface area contributed by atoms with Gasteiger partial charge in [0.25, 0.3) is 0 Å². The van der Waals surface area contributed by atoms with Crippen molar-refractivity contribution in [2.45, 2.75) is 44.3 Å². The molecule has 2 aromatic rings. The smallest absolute Gasteiger partial charge is 0.407 e. The fraction of sp³-hybridized carbons (Fsp3) is 0.364. The normalized spacial score (nSPS) is 19.2. The Hall–Kier alpha value is -3.38. The molecule has 0 spiro atoms. The highest BCUT2D eigenvalue weighted by atomic mass is 32.1. The Balaban J connectivity index is 1.60. The Bertz CT molecular complexity index is 985. The van der Waals surface area contributed by atoms with Crippen LogP contribution in [0.1, 0.15) is 41.0 Å². The van der Waals surface area contributed by atoms with E-state index in [-0.39, 0.29) is 24.9 Å². The van der Waals surface area contributed by atoms with Crippen LogP contribution in [-0.2, 0) is 16.1 Å². The number of piperidine rings is 1. The van der Waals surface area contributed by atoms with Crippen LogP contribution in [-0.4, -0.2) is 46.5 Å². The Morgan fingerprint density at radius 1 is 1.26 bits per heavy atom. The van der Waals surface area contributed by atoms with Gasteiger partial charge in [0.05, 0.1) is 6.54 Å². The number of carboxylic acid groups (broad SMARTS) is 1. The van der Waals surface area contributed by atoms with Gasteiger partial charge in [-0.2, -0.15) is 5.26 Å². The maximum atomic E-state index is 12.9. The molecule has 1 aromatic heterocycles. The third-order valence-electron chi connectivity index (χ3n) is 5.38. The van der Waals surface area contributed by atoms with E-state index in [1.807, 2.05) is 36.4 Å². The summed E-state index contributed by atoms with van der Waals surface area (Å²) in [6, 6.07) is 13.5. The molecule has 3 atom stereocenters. The summed E-state index contributed by atoms with van der Waals surface area (Å²) in [6.45, 7) is 2.07. The maximum Gasteiger partial charge on any atom is 0.407 e. The predicted molar refractivity (Wildman–Crippen MR) is 115 cm³/mol. The van der Waals surface area contributed by atoms with Gasteiger partial charge < -0.3 is 15.7 Å². The van der Waals surface area contributed by atoms with Gasteiger partial charge in [0.1, 0.15) is 23.0 Å². The first-order chi connectivity index (χ1) is 14.9. The number of nitriles is 1. The van der Waals surface area contributed by atoms with Gasteiger partial charge in [-0.05, 0) is 43.4 Å². The average molecular weight is 441 g/mol. The molecule has 0 saturated carbocycles. The molecular formula is C22H24N4O4S. The molecule has 1 aliphatic heterocycles. The van der Waals surface area contributed by atoms with E-state index in [1.54, 1.807) is 19.1 Å². The molecule has 1 aliphatic rings. The molecule has 3 rings (SSSR count). The van der Waals surface area contributed by atoms with Crippen LogP contribution in [0.25, 0.3) is 0 Å². The van der Waals surface area contributed by atoms with Gasteiger partial charge >= 0.3 is 6.09 Å². The van der Waals surface area contributed by atoms with E-state index in [0.717, 1.165) is 15.3 Å². The molecule has 0 radical (unpaired) electrons. The molecule has 1 aromatic carbocycles. The van der Waals surface area contributed by atoms with Gasteiger partial charge in [-0.15, -0.1) is 11.3 Å². The number of carbonyl (C=O) groups excluding carboxylic acids is 2. The molecule has 1 fully saturated rings. The van der Waals surface area contributed by atoms with Gasteiger partial charge in [0.15, 0.2) is 0 Å². The van der Waals surface area contributed by atoms with Crippen molar-refractivity contribution in [1.29, 1.82) is 5.26 Å². The first-order valence-electron chi connectivity index (χ1n) is 10.0. The highest BCUT2D eigenvalue weighted by molar-refractivity contribution is 7.12. The largest absolute Gasteiger partial charge is 0.465 e. The summed E-state index contributed by atoms with van der Waals surface area (Å²) in [5.74, 6) is -0.782. The van der Waals surface area contributed by atoms with E-state index >= 15 is 0 Å². The number of nitrogens with zero attached hydrogens (tertiary/aromatic N) is 2. The van der Waals surface area contributed by atoms with Crippen molar-refractivity contribution in [2.24, 2.45) is 0 Å². The number of nitrogens with one attached hydrogen (secondary N) is 2. The van der Waals surface area contributed by atoms with Crippen molar-refractivity contribution in [2.75, 3.05) is 6.54 Å². The lowest BCUT2D eigenvalue weighted by atomic mass is 9.85. The zero-order valence-electron chi connectivity index (χ0n) is 17.1. The van der Waals surface area contributed by atoms with Gasteiger partial charge in [-0.25, -0.2) is 4.79 Å². The molecule has 0 aliphatic carbocycles. The van der Waals surface area contributed by atoms with E-state index in [4.69, 9.17) is 5.26 Å². The first kappa shape index (κ1) is 22.3. The lowest BCUT2D eigenvalue weighted by Gasteiger charge is -2.37. The second-order valence-electron chi connectivity index (χ2n) is 7.45. The third kappa shape index (κ3) is 5.61. The van der Waals surface area contributed by atoms with Crippen molar-refractivity contribution >= 4 is 29.2 Å². The van der Waals surface area contributed by atoms with Crippen LogP contribution in [0.4, 0.5) is 4.79 Å². The molecule has 3 N–H and O–H groups in total. The molecule has 162 valence electrons. The fourth-order valence-corrected chi connectivity index (χ4v) is 4.45. The van der Waals surface area contributed by atoms with Gasteiger partial charge in [0, 0.05) is 11.4 Å². The molecule has 9 heteroatoms. The SMILES string of the molecule is CC(NC(=O)[C@H]1C[C@@H](c2ccccc2)CCN1C(=O)O)C(=O)NCc1ccc(C#N)s1. The van der Waals surface area contributed by atoms with E-state index in [2.05, 4.69) is 10.6 Å². The quantitative estimate of drug-likeness (QED) is 0.637. The summed E-state index contributed by atoms with van der Waals surface area (Å²) < 4.78 is 0. The van der Waals surface area contributed by atoms with Crippen LogP contribution < -0.4 is 10.6 Å². The zero-order valence-corrected chi connectivity index (χ0v) is 17.9. The van der Waals surface area contributed by atoms with Crippen LogP contribution in [0.5, 0.6) is 0 Å². The molecule has 1 saturated heterocycles. The van der Waals surface area contributed by atoms with Crippen LogP contribution in [0.3, 0.4) is 0 Å². The van der Waals surface area contributed by atoms with Crippen molar-refractivity contribution in [3.63, 3.8) is 0 Å². The topological polar surface area (TPSA) is 123 Å². The Morgan fingerprint density at radius 2 is 2.00 bits per heavy atom. The minimum absolute atomic E-state index is 0.0739. The van der Waals surface area contributed by atoms with Crippen molar-refractivity contribution in [1.82, 2.24) is 15.5 Å². The Kier molecular flexibility index (Phi) is 7.26. The molecule has 3 amide bonds. The number of carbonyl (C=O) groups is 3. The summed E-state index contributed by atoms with van der Waals surface area (Å²) in [6.07, 6.45) is -0.140. The Morgan fingerprint density at radius 3 is 2.65 bits per heavy atom. The van der Waals surface area contributed by atoms with Crippen LogP contribution in [0, 0.1) is 11.3 Å². The summed E-state index contributed by atoms with van der Waals surface area (Å²) >= 11 is 1.29. The van der Waals surface area contributed by atoms with Crippen LogP contribution >= 0.6 is 11.3 Å². The average Bonchev–Trinajstić information content (AvgIpc) is 3.25. The van der Waals surface area contributed by atoms with Crippen molar-refractivity contribution in [3.8, 4) is 6.07 Å². The molecule has 2 heterocycles. The first-order valence-corrected chi connectivity index (χ1v) is 10.8. The number of hydrogen-bond donors (Lipinski definition) is 3. The number of hydrogen-bond acceptors (Lipinski definition) is 5. The summed E-state index contributed by atoms with van der Waals surface area (Å²) in [5.41, 5.74) is 1.07. The fourth-order valence-electron chi connectivity index (χ4n) is 3.71. The van der Waals surface area contributed by atoms with E-state index in [0.29, 0.717) is 17.7 Å². The van der Waals surface area contributed by atoms with Gasteiger partial charge in [0.2, 0.25) is 11.8 Å². The van der Waals surface area contributed by atoms with Crippen molar-refractivity contribution in [3.05, 3.63) is 57.8 Å². The molecule has 1 unspecified atom stereocenters. The van der Waals surface area contributed by atoms with E-state index in [9.17, 15) is 19.5 Å². The number of thiophene rings is 1. The maximum absolute atomic E-state index is 12.9. The summed E-state index contributed by atoms with van der Waals surface area (Å²) in [4.78, 5) is 39.5. The second kappa shape index (κ2) is 10.1. The zero-order chi connectivity index (χ0) is 22.4. The second-order valence-corrected chi connectivity index (χ2v) is 8.62. The number of amides is 3. The minimum atomic E-state index is -1.14. The highest BCUT2D eigenvalue weighted by Crippen LogP contribution is 2.31. The number of likely N-dealkylation sites (tertiary alicyclic amines) is 1. The molecule has 0 bridgehead atoms. The minimum Gasteiger partial charge on any atom is -0.465 e. The van der Waals surface area contributed by atoms with E-state index < -0.39 is 24.1 Å². The summed E-state index contributed by atoms with van der Waals surface area (Å²) in [5, 5.41) is 23.8. The predicted octanol–water partition coefficient (Wildman–Crippen LogP) is 2.67. The molecular weight excluding hydrogens is 416 g/mol. The Labute approximate surface area is 184 Å². The monoisotopic (exact) mass is 440 g/mol. The van der Waals surface area contributed by atoms with E-state index in [1.165, 1.54) is 11.3 Å². The van der Waals surface area contributed by atoms with Crippen LogP contribution in [0.2, 0.25) is 0 Å². The van der Waals surface area contributed by atoms with Gasteiger partial charge in [-0.1, -0.05) is 30.3 Å². The third-order valence-corrected chi connectivity index (χ3v) is 6.37. The highest BCUT2D eigenvalue weighted by Gasteiger charge is 2.37. The summed E-state index contributed by atoms with van der Waals surface area (Å²) in [7, 11) is 0.